The summed E-state index contributed by atoms with van der Waals surface area (Å²) in [5.74, 6) is -1.38. The zero-order valence-corrected chi connectivity index (χ0v) is 11.5. The van der Waals surface area contributed by atoms with E-state index in [0.29, 0.717) is 11.0 Å². The minimum absolute atomic E-state index is 0.147. The highest BCUT2D eigenvalue weighted by atomic mass is 32.2. The summed E-state index contributed by atoms with van der Waals surface area (Å²) in [5.41, 5.74) is 0. The largest absolute Gasteiger partial charge is 0.550 e. The molecule has 0 fully saturated rings. The molecule has 98 valence electrons. The maximum absolute atomic E-state index is 11.5. The van der Waals surface area contributed by atoms with Crippen molar-refractivity contribution in [1.82, 2.24) is 0 Å². The van der Waals surface area contributed by atoms with E-state index in [4.69, 9.17) is 0 Å². The van der Waals surface area contributed by atoms with Gasteiger partial charge in [0.2, 0.25) is 0 Å². The third-order valence-corrected chi connectivity index (χ3v) is 2.89. The van der Waals surface area contributed by atoms with Gasteiger partial charge in [-0.3, -0.25) is 9.59 Å². The van der Waals surface area contributed by atoms with Crippen LogP contribution in [0.4, 0.5) is 0 Å². The SMILES string of the molecule is CC(=O)CC(=O)SC(CC(=O)[O-])C[N+](C)(C)C. The second kappa shape index (κ2) is 6.76. The molecule has 0 saturated carbocycles. The molecule has 1 atom stereocenters. The van der Waals surface area contributed by atoms with Crippen LogP contribution >= 0.6 is 11.8 Å². The molecular formula is C11H19NO4S. The Labute approximate surface area is 106 Å². The molecule has 0 spiro atoms. The number of Topliss-reactive ketones (excluding diaryl/α,β-unsaturated/α-hetero) is 1. The van der Waals surface area contributed by atoms with Gasteiger partial charge in [0.15, 0.2) is 5.12 Å². The van der Waals surface area contributed by atoms with Gasteiger partial charge >= 0.3 is 0 Å². The number of carboxylic acid groups (broad SMARTS) is 1. The second-order valence-corrected chi connectivity index (χ2v) is 6.40. The number of quaternary nitrogens is 1. The first-order valence-electron chi connectivity index (χ1n) is 5.29. The van der Waals surface area contributed by atoms with Crippen LogP contribution in [0, 0.1) is 0 Å². The van der Waals surface area contributed by atoms with Crippen LogP contribution < -0.4 is 5.11 Å². The normalized spacial score (nSPS) is 13.2. The third kappa shape index (κ3) is 10.0. The van der Waals surface area contributed by atoms with Crippen LogP contribution in [0.1, 0.15) is 19.8 Å². The number of hydrogen-bond acceptors (Lipinski definition) is 5. The van der Waals surface area contributed by atoms with Crippen LogP contribution in [0.25, 0.3) is 0 Å². The highest BCUT2D eigenvalue weighted by molar-refractivity contribution is 8.14. The summed E-state index contributed by atoms with van der Waals surface area (Å²) >= 11 is 0.932. The molecule has 0 aromatic carbocycles. The molecular weight excluding hydrogens is 242 g/mol. The van der Waals surface area contributed by atoms with Crippen LogP contribution in [0.2, 0.25) is 0 Å². The Morgan fingerprint density at radius 2 is 1.76 bits per heavy atom. The molecule has 5 nitrogen and oxygen atoms in total. The fourth-order valence-electron chi connectivity index (χ4n) is 1.37. The minimum atomic E-state index is -1.17. The van der Waals surface area contributed by atoms with Gasteiger partial charge in [0.05, 0.1) is 39.4 Å². The summed E-state index contributed by atoms with van der Waals surface area (Å²) in [4.78, 5) is 32.8. The lowest BCUT2D eigenvalue weighted by Gasteiger charge is -2.28. The van der Waals surface area contributed by atoms with Crippen LogP contribution in [0.3, 0.4) is 0 Å². The number of rotatable bonds is 7. The number of nitrogens with zero attached hydrogens (tertiary/aromatic N) is 1. The van der Waals surface area contributed by atoms with Gasteiger partial charge in [-0.25, -0.2) is 0 Å². The lowest BCUT2D eigenvalue weighted by Crippen LogP contribution is -2.42. The second-order valence-electron chi connectivity index (χ2n) is 5.04. The molecule has 17 heavy (non-hydrogen) atoms. The topological polar surface area (TPSA) is 74.3 Å². The Bertz CT molecular complexity index is 309. The van der Waals surface area contributed by atoms with Crippen molar-refractivity contribution >= 4 is 28.6 Å². The highest BCUT2D eigenvalue weighted by Crippen LogP contribution is 2.19. The van der Waals surface area contributed by atoms with Gasteiger partial charge in [-0.05, 0) is 6.92 Å². The van der Waals surface area contributed by atoms with Crippen molar-refractivity contribution in [3.63, 3.8) is 0 Å². The number of carbonyl (C=O) groups excluding carboxylic acids is 3. The maximum Gasteiger partial charge on any atom is 0.196 e. The van der Waals surface area contributed by atoms with E-state index >= 15 is 0 Å². The Balaban J connectivity index is 4.43. The van der Waals surface area contributed by atoms with Crippen molar-refractivity contribution in [2.75, 3.05) is 27.7 Å². The van der Waals surface area contributed by atoms with E-state index in [1.54, 1.807) is 0 Å². The Morgan fingerprint density at radius 3 is 2.12 bits per heavy atom. The molecule has 1 unspecified atom stereocenters. The van der Waals surface area contributed by atoms with Crippen LogP contribution in [-0.2, 0) is 14.4 Å². The Morgan fingerprint density at radius 1 is 1.24 bits per heavy atom. The van der Waals surface area contributed by atoms with E-state index in [2.05, 4.69) is 0 Å². The number of hydrogen-bond donors (Lipinski definition) is 0. The molecule has 0 N–H and O–H groups in total. The predicted molar refractivity (Wildman–Crippen MR) is 64.2 cm³/mol. The van der Waals surface area contributed by atoms with Crippen molar-refractivity contribution in [1.29, 1.82) is 0 Å². The summed E-state index contributed by atoms with van der Waals surface area (Å²) in [5, 5.41) is 9.95. The molecule has 0 aliphatic rings. The molecule has 0 amide bonds. The first-order valence-corrected chi connectivity index (χ1v) is 6.17. The summed E-state index contributed by atoms with van der Waals surface area (Å²) in [7, 11) is 5.74. The smallest absolute Gasteiger partial charge is 0.196 e. The highest BCUT2D eigenvalue weighted by Gasteiger charge is 2.22. The van der Waals surface area contributed by atoms with Gasteiger partial charge in [0.25, 0.3) is 0 Å². The predicted octanol–water partition coefficient (Wildman–Crippen LogP) is -0.560. The average Bonchev–Trinajstić information content (AvgIpc) is 1.95. The van der Waals surface area contributed by atoms with Crippen molar-refractivity contribution in [3.8, 4) is 0 Å². The van der Waals surface area contributed by atoms with E-state index in [-0.39, 0.29) is 29.0 Å². The number of aliphatic carboxylic acids is 1. The number of carboxylic acids is 1. The summed E-state index contributed by atoms with van der Waals surface area (Å²) < 4.78 is 0.554. The molecule has 0 radical (unpaired) electrons. The lowest BCUT2D eigenvalue weighted by atomic mass is 10.3. The first kappa shape index (κ1) is 16.1. The Kier molecular flexibility index (Phi) is 6.41. The lowest BCUT2D eigenvalue weighted by molar-refractivity contribution is -0.869. The quantitative estimate of drug-likeness (QED) is 0.454. The van der Waals surface area contributed by atoms with Gasteiger partial charge in [-0.15, -0.1) is 0 Å². The van der Waals surface area contributed by atoms with Crippen molar-refractivity contribution in [3.05, 3.63) is 0 Å². The average molecular weight is 261 g/mol. The molecule has 0 saturated heterocycles. The van der Waals surface area contributed by atoms with E-state index in [9.17, 15) is 19.5 Å². The van der Waals surface area contributed by atoms with E-state index in [1.807, 2.05) is 21.1 Å². The molecule has 0 aromatic rings. The minimum Gasteiger partial charge on any atom is -0.550 e. The maximum atomic E-state index is 11.5. The van der Waals surface area contributed by atoms with Crippen molar-refractivity contribution in [2.45, 2.75) is 25.0 Å². The van der Waals surface area contributed by atoms with Gasteiger partial charge < -0.3 is 14.4 Å². The number of thioether (sulfide) groups is 1. The molecule has 0 bridgehead atoms. The van der Waals surface area contributed by atoms with Crippen molar-refractivity contribution < 1.29 is 24.0 Å². The fourth-order valence-corrected chi connectivity index (χ4v) is 2.77. The zero-order chi connectivity index (χ0) is 13.6. The Hall–Kier alpha value is -0.880. The van der Waals surface area contributed by atoms with E-state index < -0.39 is 5.97 Å². The van der Waals surface area contributed by atoms with Gasteiger partial charge in [0, 0.05) is 12.4 Å². The monoisotopic (exact) mass is 261 g/mol. The first-order chi connectivity index (χ1) is 7.60. The van der Waals surface area contributed by atoms with Crippen LogP contribution in [-0.4, -0.2) is 54.3 Å². The number of carbonyl (C=O) groups is 3. The summed E-state index contributed by atoms with van der Waals surface area (Å²) in [6.07, 6.45) is -0.324. The third-order valence-electron chi connectivity index (χ3n) is 1.84. The van der Waals surface area contributed by atoms with Gasteiger partial charge in [-0.2, -0.15) is 0 Å². The van der Waals surface area contributed by atoms with Crippen molar-refractivity contribution in [2.24, 2.45) is 0 Å². The zero-order valence-electron chi connectivity index (χ0n) is 10.7. The molecule has 6 heteroatoms. The fraction of sp³-hybridized carbons (Fsp3) is 0.727. The standard InChI is InChI=1S/C11H19NO4S/c1-8(13)5-11(16)17-9(6-10(14)15)7-12(2,3)4/h9H,5-7H2,1-4H3. The van der Waals surface area contributed by atoms with Crippen LogP contribution in [0.15, 0.2) is 0 Å². The molecule has 0 rings (SSSR count). The molecule has 0 aromatic heterocycles. The molecule has 0 aliphatic heterocycles. The molecule has 0 heterocycles. The molecule has 0 aliphatic carbocycles. The van der Waals surface area contributed by atoms with Crippen LogP contribution in [0.5, 0.6) is 0 Å². The van der Waals surface area contributed by atoms with E-state index in [1.165, 1.54) is 6.92 Å². The van der Waals surface area contributed by atoms with E-state index in [0.717, 1.165) is 11.8 Å². The van der Waals surface area contributed by atoms with Gasteiger partial charge in [-0.1, -0.05) is 11.8 Å². The number of ketones is 1. The summed E-state index contributed by atoms with van der Waals surface area (Å²) in [6.45, 7) is 1.87. The summed E-state index contributed by atoms with van der Waals surface area (Å²) in [6, 6.07) is 0. The van der Waals surface area contributed by atoms with Gasteiger partial charge in [0.1, 0.15) is 5.78 Å².